The fraction of sp³-hybridized carbons (Fsp3) is 0.500. The summed E-state index contributed by atoms with van der Waals surface area (Å²) in [4.78, 5) is 25.0. The number of nitrogens with one attached hydrogen (secondary N) is 1. The fourth-order valence-corrected chi connectivity index (χ4v) is 2.64. The van der Waals surface area contributed by atoms with Gasteiger partial charge in [-0.2, -0.15) is 0 Å². The maximum atomic E-state index is 12.2. The summed E-state index contributed by atoms with van der Waals surface area (Å²) in [6, 6.07) is 5.60. The molecule has 1 saturated heterocycles. The molecule has 5 nitrogen and oxygen atoms in total. The molecule has 1 aliphatic heterocycles. The van der Waals surface area contributed by atoms with Crippen molar-refractivity contribution in [3.05, 3.63) is 29.3 Å². The molecule has 2 rings (SSSR count). The van der Waals surface area contributed by atoms with Gasteiger partial charge in [-0.05, 0) is 49.9 Å². The molecular formula is C16H22N2O3. The number of nitrogens with zero attached hydrogens (tertiary/aromatic N) is 1. The molecule has 1 atom stereocenters. The van der Waals surface area contributed by atoms with Crippen molar-refractivity contribution in [2.24, 2.45) is 5.41 Å². The smallest absolute Gasteiger partial charge is 0.321 e. The number of aryl methyl sites for hydroxylation is 2. The molecule has 0 aromatic heterocycles. The van der Waals surface area contributed by atoms with E-state index in [-0.39, 0.29) is 12.6 Å². The van der Waals surface area contributed by atoms with Gasteiger partial charge in [0.1, 0.15) is 0 Å². The van der Waals surface area contributed by atoms with Crippen LogP contribution in [-0.2, 0) is 11.2 Å². The number of carboxylic acid groups (broad SMARTS) is 1. The van der Waals surface area contributed by atoms with E-state index in [0.717, 1.165) is 12.1 Å². The quantitative estimate of drug-likeness (QED) is 0.899. The third-order valence-electron chi connectivity index (χ3n) is 4.26. The number of benzene rings is 1. The molecule has 0 aliphatic carbocycles. The van der Waals surface area contributed by atoms with Crippen LogP contribution in [0.25, 0.3) is 0 Å². The minimum atomic E-state index is -0.846. The number of carboxylic acids is 1. The number of likely N-dealkylation sites (tertiary alicyclic amines) is 1. The van der Waals surface area contributed by atoms with Crippen molar-refractivity contribution in [3.63, 3.8) is 0 Å². The number of carbonyl (C=O) groups excluding carboxylic acids is 1. The molecule has 0 spiro atoms. The fourth-order valence-electron chi connectivity index (χ4n) is 2.64. The zero-order valence-corrected chi connectivity index (χ0v) is 12.8. The van der Waals surface area contributed by atoms with Crippen LogP contribution in [0.15, 0.2) is 18.2 Å². The van der Waals surface area contributed by atoms with Gasteiger partial charge in [-0.25, -0.2) is 4.79 Å². The lowest BCUT2D eigenvalue weighted by Crippen LogP contribution is -2.37. The molecule has 1 unspecified atom stereocenters. The van der Waals surface area contributed by atoms with Crippen molar-refractivity contribution in [3.8, 4) is 0 Å². The number of urea groups is 1. The van der Waals surface area contributed by atoms with Crippen LogP contribution in [0.5, 0.6) is 0 Å². The van der Waals surface area contributed by atoms with Gasteiger partial charge in [0.15, 0.2) is 0 Å². The first-order valence-corrected chi connectivity index (χ1v) is 7.24. The van der Waals surface area contributed by atoms with Crippen LogP contribution in [-0.4, -0.2) is 35.1 Å². The number of anilines is 1. The molecule has 1 aromatic rings. The van der Waals surface area contributed by atoms with E-state index in [0.29, 0.717) is 13.0 Å². The van der Waals surface area contributed by atoms with Crippen LogP contribution >= 0.6 is 0 Å². The number of amides is 2. The highest BCUT2D eigenvalue weighted by Gasteiger charge is 2.42. The molecule has 1 aromatic carbocycles. The Morgan fingerprint density at radius 1 is 1.43 bits per heavy atom. The Bertz CT molecular complexity index is 571. The SMILES string of the molecule is CCc1cc(NC(=O)N2CCC(C)(C(=O)O)C2)ccc1C. The number of rotatable bonds is 3. The van der Waals surface area contributed by atoms with Gasteiger partial charge in [-0.15, -0.1) is 0 Å². The standard InChI is InChI=1S/C16H22N2O3/c1-4-12-9-13(6-5-11(12)2)17-15(21)18-8-7-16(3,10-18)14(19)20/h5-6,9H,4,7-8,10H2,1-3H3,(H,17,21)(H,19,20). The van der Waals surface area contributed by atoms with Crippen molar-refractivity contribution in [1.29, 1.82) is 0 Å². The highest BCUT2D eigenvalue weighted by atomic mass is 16.4. The van der Waals surface area contributed by atoms with E-state index in [1.807, 2.05) is 25.1 Å². The Morgan fingerprint density at radius 2 is 2.14 bits per heavy atom. The predicted molar refractivity (Wildman–Crippen MR) is 81.5 cm³/mol. The molecule has 1 fully saturated rings. The molecular weight excluding hydrogens is 268 g/mol. The zero-order valence-electron chi connectivity index (χ0n) is 12.8. The van der Waals surface area contributed by atoms with E-state index in [2.05, 4.69) is 12.2 Å². The van der Waals surface area contributed by atoms with E-state index < -0.39 is 11.4 Å². The third kappa shape index (κ3) is 3.17. The van der Waals surface area contributed by atoms with Crippen LogP contribution in [0.4, 0.5) is 10.5 Å². The number of aliphatic carboxylic acids is 1. The normalized spacial score (nSPS) is 21.4. The number of hydrogen-bond acceptors (Lipinski definition) is 2. The van der Waals surface area contributed by atoms with E-state index in [1.165, 1.54) is 11.1 Å². The number of carbonyl (C=O) groups is 2. The van der Waals surface area contributed by atoms with E-state index in [4.69, 9.17) is 0 Å². The largest absolute Gasteiger partial charge is 0.481 e. The third-order valence-corrected chi connectivity index (χ3v) is 4.26. The van der Waals surface area contributed by atoms with Crippen molar-refractivity contribution in [2.75, 3.05) is 18.4 Å². The Morgan fingerprint density at radius 3 is 2.71 bits per heavy atom. The Labute approximate surface area is 125 Å². The van der Waals surface area contributed by atoms with E-state index >= 15 is 0 Å². The zero-order chi connectivity index (χ0) is 15.6. The second kappa shape index (κ2) is 5.76. The van der Waals surface area contributed by atoms with Gasteiger partial charge in [0, 0.05) is 18.8 Å². The van der Waals surface area contributed by atoms with Crippen molar-refractivity contribution >= 4 is 17.7 Å². The van der Waals surface area contributed by atoms with Gasteiger partial charge < -0.3 is 15.3 Å². The molecule has 5 heteroatoms. The topological polar surface area (TPSA) is 69.6 Å². The molecule has 1 heterocycles. The van der Waals surface area contributed by atoms with E-state index in [9.17, 15) is 14.7 Å². The van der Waals surface area contributed by atoms with Crippen molar-refractivity contribution < 1.29 is 14.7 Å². The lowest BCUT2D eigenvalue weighted by Gasteiger charge is -2.20. The Hall–Kier alpha value is -2.04. The predicted octanol–water partition coefficient (Wildman–Crippen LogP) is 2.89. The summed E-state index contributed by atoms with van der Waals surface area (Å²) < 4.78 is 0. The second-order valence-electron chi connectivity index (χ2n) is 5.96. The van der Waals surface area contributed by atoms with Gasteiger partial charge in [-0.1, -0.05) is 13.0 Å². The van der Waals surface area contributed by atoms with Crippen LogP contribution in [0, 0.1) is 12.3 Å². The second-order valence-corrected chi connectivity index (χ2v) is 5.96. The molecule has 2 N–H and O–H groups in total. The lowest BCUT2D eigenvalue weighted by molar-refractivity contribution is -0.146. The molecule has 114 valence electrons. The average Bonchev–Trinajstić information content (AvgIpc) is 2.85. The van der Waals surface area contributed by atoms with E-state index in [1.54, 1.807) is 11.8 Å². The molecule has 2 amide bonds. The molecule has 0 radical (unpaired) electrons. The van der Waals surface area contributed by atoms with Crippen LogP contribution < -0.4 is 5.32 Å². The van der Waals surface area contributed by atoms with Gasteiger partial charge in [0.25, 0.3) is 0 Å². The van der Waals surface area contributed by atoms with Crippen LogP contribution in [0.3, 0.4) is 0 Å². The molecule has 21 heavy (non-hydrogen) atoms. The first kappa shape index (κ1) is 15.4. The van der Waals surface area contributed by atoms with Gasteiger partial charge >= 0.3 is 12.0 Å². The van der Waals surface area contributed by atoms with Gasteiger partial charge in [0.05, 0.1) is 5.41 Å². The average molecular weight is 290 g/mol. The van der Waals surface area contributed by atoms with Crippen molar-refractivity contribution in [1.82, 2.24) is 4.90 Å². The van der Waals surface area contributed by atoms with Crippen LogP contribution in [0.1, 0.15) is 31.4 Å². The minimum Gasteiger partial charge on any atom is -0.481 e. The number of hydrogen-bond donors (Lipinski definition) is 2. The lowest BCUT2D eigenvalue weighted by atomic mass is 9.90. The summed E-state index contributed by atoms with van der Waals surface area (Å²) >= 11 is 0. The molecule has 1 aliphatic rings. The maximum absolute atomic E-state index is 12.2. The summed E-state index contributed by atoms with van der Waals surface area (Å²) in [6.45, 7) is 6.53. The maximum Gasteiger partial charge on any atom is 0.321 e. The summed E-state index contributed by atoms with van der Waals surface area (Å²) in [5, 5.41) is 12.1. The summed E-state index contributed by atoms with van der Waals surface area (Å²) in [5.41, 5.74) is 2.32. The first-order valence-electron chi connectivity index (χ1n) is 7.24. The summed E-state index contributed by atoms with van der Waals surface area (Å²) in [5.74, 6) is -0.846. The highest BCUT2D eigenvalue weighted by Crippen LogP contribution is 2.30. The minimum absolute atomic E-state index is 0.231. The summed E-state index contributed by atoms with van der Waals surface area (Å²) in [6.07, 6.45) is 1.40. The first-order chi connectivity index (χ1) is 9.85. The van der Waals surface area contributed by atoms with Crippen LogP contribution in [0.2, 0.25) is 0 Å². The van der Waals surface area contributed by atoms with Crippen molar-refractivity contribution in [2.45, 2.75) is 33.6 Å². The monoisotopic (exact) mass is 290 g/mol. The summed E-state index contributed by atoms with van der Waals surface area (Å²) in [7, 11) is 0. The Kier molecular flexibility index (Phi) is 4.21. The molecule has 0 bridgehead atoms. The molecule has 0 saturated carbocycles. The van der Waals surface area contributed by atoms with Gasteiger partial charge in [-0.3, -0.25) is 4.79 Å². The highest BCUT2D eigenvalue weighted by molar-refractivity contribution is 5.90. The Balaban J connectivity index is 2.04. The van der Waals surface area contributed by atoms with Gasteiger partial charge in [0.2, 0.25) is 0 Å².